The summed E-state index contributed by atoms with van der Waals surface area (Å²) in [5.41, 5.74) is -0.617. The van der Waals surface area contributed by atoms with Gasteiger partial charge in [0.1, 0.15) is 6.07 Å². The molecule has 0 atom stereocenters. The fourth-order valence-electron chi connectivity index (χ4n) is 1.43. The molecule has 8 heteroatoms. The van der Waals surface area contributed by atoms with Crippen molar-refractivity contribution in [2.45, 2.75) is 19.7 Å². The highest BCUT2D eigenvalue weighted by Crippen LogP contribution is 2.37. The molecular weight excluding hydrogens is 279 g/mol. The van der Waals surface area contributed by atoms with E-state index in [9.17, 15) is 23.1 Å². The van der Waals surface area contributed by atoms with Gasteiger partial charge in [0.05, 0.1) is 18.6 Å². The summed E-state index contributed by atoms with van der Waals surface area (Å²) in [4.78, 5) is 11.3. The highest BCUT2D eigenvalue weighted by Gasteiger charge is 2.34. The molecule has 0 aliphatic heterocycles. The Morgan fingerprint density at radius 1 is 1.45 bits per heavy atom. The topological polar surface area (TPSA) is 79.6 Å². The van der Waals surface area contributed by atoms with Crippen molar-refractivity contribution in [1.29, 1.82) is 5.26 Å². The number of nitrogens with zero attached hydrogens (tertiary/aromatic N) is 1. The van der Waals surface area contributed by atoms with Crippen molar-refractivity contribution in [2.24, 2.45) is 0 Å². The monoisotopic (exact) mass is 289 g/mol. The van der Waals surface area contributed by atoms with Crippen LogP contribution in [0.4, 0.5) is 13.2 Å². The molecule has 20 heavy (non-hydrogen) atoms. The number of aromatic hydroxyl groups is 1. The van der Waals surface area contributed by atoms with Crippen LogP contribution < -0.4 is 4.74 Å². The number of carbonyl (C=O) groups excluding carboxylic acids is 1. The number of nitriles is 1. The summed E-state index contributed by atoms with van der Waals surface area (Å²) in [5, 5.41) is 18.4. The SMILES string of the molecule is CCOC(=O)Cc1ccc(C#N)c(OC(F)(F)F)c1O. The van der Waals surface area contributed by atoms with Crippen molar-refractivity contribution in [3.63, 3.8) is 0 Å². The normalized spacial score (nSPS) is 10.8. The Bertz CT molecular complexity index is 549. The number of halogens is 3. The Balaban J connectivity index is 3.15. The standard InChI is InChI=1S/C12H10F3NO4/c1-2-19-9(17)5-7-3-4-8(6-16)11(10(7)18)20-12(13,14)15/h3-4,18H,2,5H2,1H3. The van der Waals surface area contributed by atoms with E-state index in [0.29, 0.717) is 0 Å². The molecule has 108 valence electrons. The fourth-order valence-corrected chi connectivity index (χ4v) is 1.43. The van der Waals surface area contributed by atoms with Gasteiger partial charge in [0.25, 0.3) is 0 Å². The van der Waals surface area contributed by atoms with Crippen LogP contribution in [0.15, 0.2) is 12.1 Å². The number of ether oxygens (including phenoxy) is 2. The lowest BCUT2D eigenvalue weighted by molar-refractivity contribution is -0.275. The Morgan fingerprint density at radius 2 is 2.10 bits per heavy atom. The minimum absolute atomic E-state index is 0.0990. The van der Waals surface area contributed by atoms with E-state index in [1.165, 1.54) is 6.07 Å². The predicted octanol–water partition coefficient (Wildman–Crippen LogP) is 2.27. The van der Waals surface area contributed by atoms with Crippen LogP contribution in [0.2, 0.25) is 0 Å². The second-order valence-corrected chi connectivity index (χ2v) is 3.59. The Morgan fingerprint density at radius 3 is 2.60 bits per heavy atom. The quantitative estimate of drug-likeness (QED) is 0.860. The van der Waals surface area contributed by atoms with Gasteiger partial charge in [0.2, 0.25) is 0 Å². The molecule has 0 aromatic heterocycles. The largest absolute Gasteiger partial charge is 0.573 e. The van der Waals surface area contributed by atoms with Crippen LogP contribution in [0, 0.1) is 11.3 Å². The fraction of sp³-hybridized carbons (Fsp3) is 0.333. The highest BCUT2D eigenvalue weighted by atomic mass is 19.4. The Hall–Kier alpha value is -2.43. The van der Waals surface area contributed by atoms with E-state index in [1.54, 1.807) is 6.92 Å². The molecule has 0 amide bonds. The molecular formula is C12H10F3NO4. The lowest BCUT2D eigenvalue weighted by Crippen LogP contribution is -2.18. The average molecular weight is 289 g/mol. The lowest BCUT2D eigenvalue weighted by Gasteiger charge is -2.14. The minimum Gasteiger partial charge on any atom is -0.504 e. The molecule has 0 unspecified atom stereocenters. The van der Waals surface area contributed by atoms with Crippen molar-refractivity contribution in [3.8, 4) is 17.6 Å². The van der Waals surface area contributed by atoms with Gasteiger partial charge in [-0.15, -0.1) is 13.2 Å². The number of alkyl halides is 3. The third kappa shape index (κ3) is 4.05. The molecule has 0 saturated carbocycles. The summed E-state index contributed by atoms with van der Waals surface area (Å²) in [7, 11) is 0. The van der Waals surface area contributed by atoms with Gasteiger partial charge in [-0.3, -0.25) is 4.79 Å². The van der Waals surface area contributed by atoms with Crippen LogP contribution in [0.5, 0.6) is 11.5 Å². The van der Waals surface area contributed by atoms with E-state index >= 15 is 0 Å². The first-order chi connectivity index (χ1) is 9.28. The van der Waals surface area contributed by atoms with Gasteiger partial charge >= 0.3 is 12.3 Å². The van der Waals surface area contributed by atoms with Gasteiger partial charge in [-0.25, -0.2) is 0 Å². The number of benzene rings is 1. The van der Waals surface area contributed by atoms with E-state index in [1.807, 2.05) is 0 Å². The summed E-state index contributed by atoms with van der Waals surface area (Å²) in [6, 6.07) is 3.65. The third-order valence-corrected chi connectivity index (χ3v) is 2.19. The van der Waals surface area contributed by atoms with Crippen LogP contribution in [-0.2, 0) is 16.0 Å². The van der Waals surface area contributed by atoms with Gasteiger partial charge < -0.3 is 14.6 Å². The second-order valence-electron chi connectivity index (χ2n) is 3.59. The van der Waals surface area contributed by atoms with E-state index in [-0.39, 0.29) is 12.2 Å². The maximum absolute atomic E-state index is 12.2. The number of carbonyl (C=O) groups is 1. The summed E-state index contributed by atoms with van der Waals surface area (Å²) in [5.74, 6) is -2.65. The first-order valence-corrected chi connectivity index (χ1v) is 5.44. The molecule has 1 rings (SSSR count). The zero-order valence-corrected chi connectivity index (χ0v) is 10.3. The first-order valence-electron chi connectivity index (χ1n) is 5.44. The van der Waals surface area contributed by atoms with Crippen LogP contribution in [-0.4, -0.2) is 24.0 Å². The highest BCUT2D eigenvalue weighted by molar-refractivity contribution is 5.74. The smallest absolute Gasteiger partial charge is 0.504 e. The number of hydrogen-bond donors (Lipinski definition) is 1. The molecule has 0 radical (unpaired) electrons. The van der Waals surface area contributed by atoms with Crippen LogP contribution in [0.25, 0.3) is 0 Å². The summed E-state index contributed by atoms with van der Waals surface area (Å²) in [6.07, 6.45) is -5.49. The van der Waals surface area contributed by atoms with E-state index in [4.69, 9.17) is 5.26 Å². The number of phenolic OH excluding ortho intramolecular Hbond substituents is 1. The van der Waals surface area contributed by atoms with Gasteiger partial charge in [-0.2, -0.15) is 5.26 Å². The summed E-state index contributed by atoms with van der Waals surface area (Å²) < 4.78 is 44.9. The van der Waals surface area contributed by atoms with E-state index < -0.39 is 35.8 Å². The van der Waals surface area contributed by atoms with Crippen molar-refractivity contribution >= 4 is 5.97 Å². The zero-order valence-electron chi connectivity index (χ0n) is 10.3. The maximum atomic E-state index is 12.2. The molecule has 5 nitrogen and oxygen atoms in total. The molecule has 0 spiro atoms. The molecule has 0 saturated heterocycles. The molecule has 1 N–H and O–H groups in total. The molecule has 0 heterocycles. The first kappa shape index (κ1) is 15.6. The number of hydrogen-bond acceptors (Lipinski definition) is 5. The van der Waals surface area contributed by atoms with Crippen LogP contribution in [0.1, 0.15) is 18.1 Å². The number of rotatable bonds is 4. The minimum atomic E-state index is -5.06. The lowest BCUT2D eigenvalue weighted by atomic mass is 10.1. The van der Waals surface area contributed by atoms with Crippen molar-refractivity contribution in [2.75, 3.05) is 6.61 Å². The Kier molecular flexibility index (Phi) is 4.80. The summed E-state index contributed by atoms with van der Waals surface area (Å²) in [6.45, 7) is 1.66. The van der Waals surface area contributed by atoms with Crippen molar-refractivity contribution in [1.82, 2.24) is 0 Å². The van der Waals surface area contributed by atoms with Crippen LogP contribution >= 0.6 is 0 Å². The zero-order chi connectivity index (χ0) is 15.3. The predicted molar refractivity (Wildman–Crippen MR) is 59.8 cm³/mol. The van der Waals surface area contributed by atoms with Gasteiger partial charge in [-0.1, -0.05) is 6.07 Å². The third-order valence-electron chi connectivity index (χ3n) is 2.19. The molecule has 0 aliphatic rings. The molecule has 0 bridgehead atoms. The molecule has 1 aromatic rings. The van der Waals surface area contributed by atoms with Crippen LogP contribution in [0.3, 0.4) is 0 Å². The average Bonchev–Trinajstić information content (AvgIpc) is 2.33. The second kappa shape index (κ2) is 6.14. The van der Waals surface area contributed by atoms with Crippen molar-refractivity contribution in [3.05, 3.63) is 23.3 Å². The van der Waals surface area contributed by atoms with Gasteiger partial charge in [0.15, 0.2) is 11.5 Å². The number of esters is 1. The molecule has 0 fully saturated rings. The van der Waals surface area contributed by atoms with Gasteiger partial charge in [-0.05, 0) is 13.0 Å². The summed E-state index contributed by atoms with van der Waals surface area (Å²) >= 11 is 0. The number of phenols is 1. The van der Waals surface area contributed by atoms with Gasteiger partial charge in [0, 0.05) is 5.56 Å². The molecule has 0 aliphatic carbocycles. The van der Waals surface area contributed by atoms with Crippen molar-refractivity contribution < 1.29 is 32.5 Å². The molecule has 1 aromatic carbocycles. The maximum Gasteiger partial charge on any atom is 0.573 e. The van der Waals surface area contributed by atoms with E-state index in [2.05, 4.69) is 9.47 Å². The Labute approximate surface area is 112 Å². The van der Waals surface area contributed by atoms with E-state index in [0.717, 1.165) is 12.1 Å².